The van der Waals surface area contributed by atoms with E-state index in [1.807, 2.05) is 0 Å². The predicted molar refractivity (Wildman–Crippen MR) is 81.2 cm³/mol. The zero-order valence-corrected chi connectivity index (χ0v) is 13.3. The zero-order valence-electron chi connectivity index (χ0n) is 13.3. The number of halogens is 2. The third kappa shape index (κ3) is 3.36. The van der Waals surface area contributed by atoms with Gasteiger partial charge in [0.25, 0.3) is 0 Å². The van der Waals surface area contributed by atoms with E-state index in [0.717, 1.165) is 38.5 Å². The molecule has 122 valence electrons. The Bertz CT molecular complexity index is 485. The van der Waals surface area contributed by atoms with Crippen molar-refractivity contribution in [2.45, 2.75) is 64.6 Å². The van der Waals surface area contributed by atoms with E-state index in [4.69, 9.17) is 9.47 Å². The van der Waals surface area contributed by atoms with Gasteiger partial charge in [0.15, 0.2) is 11.5 Å². The van der Waals surface area contributed by atoms with Crippen molar-refractivity contribution in [3.63, 3.8) is 0 Å². The molecule has 3 rings (SSSR count). The van der Waals surface area contributed by atoms with Crippen molar-refractivity contribution in [3.05, 3.63) is 23.8 Å². The van der Waals surface area contributed by atoms with E-state index in [-0.39, 0.29) is 23.7 Å². The molecule has 0 saturated heterocycles. The van der Waals surface area contributed by atoms with Crippen LogP contribution in [0.15, 0.2) is 12.1 Å². The molecule has 0 aromatic heterocycles. The van der Waals surface area contributed by atoms with Gasteiger partial charge < -0.3 is 9.47 Å². The normalized spacial score (nSPS) is 31.5. The van der Waals surface area contributed by atoms with E-state index in [1.165, 1.54) is 12.1 Å². The molecule has 4 atom stereocenters. The van der Waals surface area contributed by atoms with E-state index in [0.29, 0.717) is 11.8 Å². The summed E-state index contributed by atoms with van der Waals surface area (Å²) in [5, 5.41) is 0. The van der Waals surface area contributed by atoms with Crippen molar-refractivity contribution < 1.29 is 18.3 Å². The van der Waals surface area contributed by atoms with Gasteiger partial charge in [-0.05, 0) is 62.5 Å². The van der Waals surface area contributed by atoms with Crippen LogP contribution in [0.5, 0.6) is 11.5 Å². The summed E-state index contributed by atoms with van der Waals surface area (Å²) >= 11 is 0. The molecule has 4 heteroatoms. The van der Waals surface area contributed by atoms with Gasteiger partial charge in [-0.15, -0.1) is 0 Å². The van der Waals surface area contributed by atoms with Gasteiger partial charge in [0, 0.05) is 0 Å². The highest BCUT2D eigenvalue weighted by molar-refractivity contribution is 5.35. The minimum atomic E-state index is -0.928. The lowest BCUT2D eigenvalue weighted by Crippen LogP contribution is -2.15. The second kappa shape index (κ2) is 6.43. The number of hydrogen-bond donors (Lipinski definition) is 0. The number of rotatable bonds is 4. The predicted octanol–water partition coefficient (Wildman–Crippen LogP) is 5.10. The highest BCUT2D eigenvalue weighted by Gasteiger charge is 2.27. The molecule has 0 amide bonds. The summed E-state index contributed by atoms with van der Waals surface area (Å²) in [4.78, 5) is 0. The summed E-state index contributed by atoms with van der Waals surface area (Å²) in [6.07, 6.45) is 5.75. The smallest absolute Gasteiger partial charge is 0.204 e. The molecule has 0 bridgehead atoms. The van der Waals surface area contributed by atoms with Gasteiger partial charge in [0.05, 0.1) is 12.2 Å². The van der Waals surface area contributed by atoms with Crippen LogP contribution in [0.3, 0.4) is 0 Å². The molecule has 2 nitrogen and oxygen atoms in total. The summed E-state index contributed by atoms with van der Waals surface area (Å²) in [7, 11) is 0. The van der Waals surface area contributed by atoms with Crippen LogP contribution in [0, 0.1) is 23.5 Å². The minimum absolute atomic E-state index is 0.00346. The highest BCUT2D eigenvalue weighted by atomic mass is 19.2. The van der Waals surface area contributed by atoms with Crippen LogP contribution >= 0.6 is 0 Å². The van der Waals surface area contributed by atoms with Gasteiger partial charge in [-0.25, -0.2) is 0 Å². The Morgan fingerprint density at radius 3 is 1.50 bits per heavy atom. The third-order valence-corrected chi connectivity index (χ3v) is 4.89. The maximum absolute atomic E-state index is 14.2. The molecule has 2 saturated carbocycles. The topological polar surface area (TPSA) is 18.5 Å². The molecule has 0 spiro atoms. The lowest BCUT2D eigenvalue weighted by Gasteiger charge is -2.17. The molecule has 2 fully saturated rings. The van der Waals surface area contributed by atoms with Crippen molar-refractivity contribution >= 4 is 0 Å². The summed E-state index contributed by atoms with van der Waals surface area (Å²) in [6, 6.07) is 2.99. The van der Waals surface area contributed by atoms with Gasteiger partial charge in [-0.2, -0.15) is 8.78 Å². The van der Waals surface area contributed by atoms with Gasteiger partial charge in [0.1, 0.15) is 0 Å². The van der Waals surface area contributed by atoms with Crippen molar-refractivity contribution in [3.8, 4) is 11.5 Å². The van der Waals surface area contributed by atoms with E-state index in [9.17, 15) is 8.78 Å². The van der Waals surface area contributed by atoms with E-state index in [1.54, 1.807) is 0 Å². The summed E-state index contributed by atoms with van der Waals surface area (Å²) in [5.41, 5.74) is 0. The Morgan fingerprint density at radius 2 is 1.18 bits per heavy atom. The first-order valence-electron chi connectivity index (χ1n) is 8.34. The molecule has 22 heavy (non-hydrogen) atoms. The third-order valence-electron chi connectivity index (χ3n) is 4.89. The minimum Gasteiger partial charge on any atom is -0.487 e. The zero-order chi connectivity index (χ0) is 15.7. The molecule has 1 aromatic rings. The Hall–Kier alpha value is -1.32. The molecule has 0 aliphatic heterocycles. The van der Waals surface area contributed by atoms with Crippen LogP contribution < -0.4 is 9.47 Å². The number of benzene rings is 1. The fourth-order valence-electron chi connectivity index (χ4n) is 3.58. The molecule has 1 aromatic carbocycles. The van der Waals surface area contributed by atoms with Crippen molar-refractivity contribution in [2.75, 3.05) is 0 Å². The average molecular weight is 310 g/mol. The van der Waals surface area contributed by atoms with Crippen LogP contribution in [0.1, 0.15) is 52.4 Å². The van der Waals surface area contributed by atoms with Crippen molar-refractivity contribution in [1.29, 1.82) is 0 Å². The standard InChI is InChI=1S/C18H24F2O2/c1-11-3-5-13(9-11)21-15-7-8-16(18(20)17(15)19)22-14-6-4-12(2)10-14/h7-8,11-14H,3-6,9-10H2,1-2H3. The summed E-state index contributed by atoms with van der Waals surface area (Å²) < 4.78 is 39.6. The van der Waals surface area contributed by atoms with Crippen LogP contribution in [0.2, 0.25) is 0 Å². The fourth-order valence-corrected chi connectivity index (χ4v) is 3.58. The first-order valence-corrected chi connectivity index (χ1v) is 8.34. The first-order chi connectivity index (χ1) is 10.5. The Kier molecular flexibility index (Phi) is 4.55. The summed E-state index contributed by atoms with van der Waals surface area (Å²) in [5.74, 6) is -0.673. The molecule has 4 unspecified atom stereocenters. The Morgan fingerprint density at radius 1 is 0.773 bits per heavy atom. The maximum Gasteiger partial charge on any atom is 0.204 e. The SMILES string of the molecule is CC1CCC(Oc2ccc(OC3CCC(C)C3)c(F)c2F)C1. The van der Waals surface area contributed by atoms with Crippen LogP contribution in [-0.2, 0) is 0 Å². The average Bonchev–Trinajstić information content (AvgIpc) is 3.07. The summed E-state index contributed by atoms with van der Waals surface area (Å²) in [6.45, 7) is 4.31. The molecular formula is C18H24F2O2. The van der Waals surface area contributed by atoms with Gasteiger partial charge >= 0.3 is 0 Å². The Balaban J connectivity index is 1.68. The first kappa shape index (κ1) is 15.6. The lowest BCUT2D eigenvalue weighted by atomic mass is 10.1. The van der Waals surface area contributed by atoms with Crippen molar-refractivity contribution in [2.24, 2.45) is 11.8 Å². The van der Waals surface area contributed by atoms with Crippen LogP contribution in [0.4, 0.5) is 8.78 Å². The van der Waals surface area contributed by atoms with Gasteiger partial charge in [0.2, 0.25) is 11.6 Å². The molecular weight excluding hydrogens is 286 g/mol. The number of hydrogen-bond acceptors (Lipinski definition) is 2. The second-order valence-electron chi connectivity index (χ2n) is 7.01. The largest absolute Gasteiger partial charge is 0.487 e. The van der Waals surface area contributed by atoms with Gasteiger partial charge in [-0.1, -0.05) is 13.8 Å². The van der Waals surface area contributed by atoms with Crippen molar-refractivity contribution in [1.82, 2.24) is 0 Å². The number of ether oxygens (including phenoxy) is 2. The lowest BCUT2D eigenvalue weighted by molar-refractivity contribution is 0.181. The van der Waals surface area contributed by atoms with E-state index >= 15 is 0 Å². The quantitative estimate of drug-likeness (QED) is 0.770. The maximum atomic E-state index is 14.2. The molecule has 2 aliphatic rings. The monoisotopic (exact) mass is 310 g/mol. The molecule has 0 N–H and O–H groups in total. The van der Waals surface area contributed by atoms with Crippen LogP contribution in [0.25, 0.3) is 0 Å². The molecule has 0 heterocycles. The van der Waals surface area contributed by atoms with E-state index in [2.05, 4.69) is 13.8 Å². The fraction of sp³-hybridized carbons (Fsp3) is 0.667. The van der Waals surface area contributed by atoms with E-state index < -0.39 is 11.6 Å². The molecule has 0 radical (unpaired) electrons. The Labute approximate surface area is 130 Å². The van der Waals surface area contributed by atoms with Crippen LogP contribution in [-0.4, -0.2) is 12.2 Å². The highest BCUT2D eigenvalue weighted by Crippen LogP contribution is 2.35. The van der Waals surface area contributed by atoms with Gasteiger partial charge in [-0.3, -0.25) is 0 Å². The molecule has 2 aliphatic carbocycles. The second-order valence-corrected chi connectivity index (χ2v) is 7.01.